The molecule has 0 spiro atoms. The maximum Gasteiger partial charge on any atom is 0.306 e. The molecule has 19 heavy (non-hydrogen) atoms. The van der Waals surface area contributed by atoms with Crippen molar-refractivity contribution in [1.82, 2.24) is 24.6 Å². The van der Waals surface area contributed by atoms with Crippen molar-refractivity contribution in [3.63, 3.8) is 0 Å². The Labute approximate surface area is 115 Å². The van der Waals surface area contributed by atoms with Crippen LogP contribution in [0, 0.1) is 0 Å². The van der Waals surface area contributed by atoms with Gasteiger partial charge < -0.3 is 4.42 Å². The quantitative estimate of drug-likeness (QED) is 0.577. The summed E-state index contributed by atoms with van der Waals surface area (Å²) in [5.41, 5.74) is 1.12. The normalized spacial score (nSPS) is 10.9. The summed E-state index contributed by atoms with van der Waals surface area (Å²) >= 11 is 1.06. The van der Waals surface area contributed by atoms with Gasteiger partial charge in [0.05, 0.1) is 6.26 Å². The molecule has 4 heterocycles. The predicted octanol–water partition coefficient (Wildman–Crippen LogP) is 1.71. The largest absolute Gasteiger partial charge is 0.461 e. The second-order valence-electron chi connectivity index (χ2n) is 3.62. The number of thiazole rings is 1. The van der Waals surface area contributed by atoms with E-state index in [4.69, 9.17) is 4.42 Å². The van der Waals surface area contributed by atoms with Gasteiger partial charge >= 0.3 is 4.87 Å². The van der Waals surface area contributed by atoms with Crippen molar-refractivity contribution >= 4 is 39.7 Å². The van der Waals surface area contributed by atoms with Gasteiger partial charge in [0.2, 0.25) is 5.82 Å². The minimum atomic E-state index is -0.159. The summed E-state index contributed by atoms with van der Waals surface area (Å²) in [7, 11) is 0. The van der Waals surface area contributed by atoms with Gasteiger partial charge in [0, 0.05) is 0 Å². The molecule has 0 fully saturated rings. The molecule has 0 unspecified atom stereocenters. The van der Waals surface area contributed by atoms with Crippen molar-refractivity contribution in [1.29, 1.82) is 0 Å². The Kier molecular flexibility index (Phi) is 2.61. The highest BCUT2D eigenvalue weighted by atomic mass is 35.5. The number of nitrogens with zero attached hydrogens (tertiary/aromatic N) is 4. The Bertz CT molecular complexity index is 907. The van der Waals surface area contributed by atoms with Crippen molar-refractivity contribution in [3.8, 4) is 11.6 Å². The SMILES string of the molecule is Cl.O=c1[nH]c2ncn3nc(-c4ccco4)nc3c2s1. The second-order valence-corrected chi connectivity index (χ2v) is 4.60. The van der Waals surface area contributed by atoms with Crippen molar-refractivity contribution < 1.29 is 4.42 Å². The highest BCUT2D eigenvalue weighted by Gasteiger charge is 2.13. The summed E-state index contributed by atoms with van der Waals surface area (Å²) in [6.07, 6.45) is 3.07. The number of furan rings is 1. The summed E-state index contributed by atoms with van der Waals surface area (Å²) in [5.74, 6) is 1.05. The van der Waals surface area contributed by atoms with Crippen LogP contribution >= 0.6 is 23.7 Å². The van der Waals surface area contributed by atoms with Crippen molar-refractivity contribution in [2.45, 2.75) is 0 Å². The van der Waals surface area contributed by atoms with Gasteiger partial charge in [-0.2, -0.15) is 0 Å². The maximum absolute atomic E-state index is 11.3. The van der Waals surface area contributed by atoms with Crippen LogP contribution in [0.25, 0.3) is 27.6 Å². The summed E-state index contributed by atoms with van der Waals surface area (Å²) in [6.45, 7) is 0. The molecule has 4 rings (SSSR count). The molecule has 0 saturated heterocycles. The molecule has 0 amide bonds. The number of aromatic nitrogens is 5. The summed E-state index contributed by atoms with van der Waals surface area (Å²) in [4.78, 5) is 22.3. The Hall–Kier alpha value is -2.19. The van der Waals surface area contributed by atoms with Crippen LogP contribution in [0.3, 0.4) is 0 Å². The molecule has 1 N–H and O–H groups in total. The van der Waals surface area contributed by atoms with Gasteiger partial charge in [0.15, 0.2) is 17.1 Å². The number of nitrogens with one attached hydrogen (secondary N) is 1. The van der Waals surface area contributed by atoms with Gasteiger partial charge in [-0.3, -0.25) is 9.78 Å². The number of aromatic amines is 1. The molecule has 0 aliphatic rings. The Morgan fingerprint density at radius 2 is 2.32 bits per heavy atom. The number of rotatable bonds is 1. The Morgan fingerprint density at radius 1 is 1.42 bits per heavy atom. The van der Waals surface area contributed by atoms with E-state index < -0.39 is 0 Å². The molecule has 4 aromatic heterocycles. The van der Waals surface area contributed by atoms with E-state index in [1.807, 2.05) is 0 Å². The van der Waals surface area contributed by atoms with Crippen molar-refractivity contribution in [3.05, 3.63) is 34.4 Å². The first-order valence-corrected chi connectivity index (χ1v) is 5.91. The summed E-state index contributed by atoms with van der Waals surface area (Å²) < 4.78 is 7.46. The number of fused-ring (bicyclic) bond motifs is 3. The molecule has 0 aliphatic heterocycles. The lowest BCUT2D eigenvalue weighted by Crippen LogP contribution is -1.92. The molecule has 0 bridgehead atoms. The number of H-pyrrole nitrogens is 1. The zero-order chi connectivity index (χ0) is 12.1. The topological polar surface area (TPSA) is 89.1 Å². The minimum Gasteiger partial charge on any atom is -0.461 e. The molecule has 4 aromatic rings. The average molecular weight is 296 g/mol. The van der Waals surface area contributed by atoms with Crippen LogP contribution in [0.15, 0.2) is 33.9 Å². The molecular formula is C10H6ClN5O2S. The van der Waals surface area contributed by atoms with Crippen molar-refractivity contribution in [2.75, 3.05) is 0 Å². The van der Waals surface area contributed by atoms with Gasteiger partial charge in [-0.05, 0) is 12.1 Å². The zero-order valence-electron chi connectivity index (χ0n) is 9.23. The fourth-order valence-electron chi connectivity index (χ4n) is 1.74. The van der Waals surface area contributed by atoms with Crippen LogP contribution in [0.4, 0.5) is 0 Å². The van der Waals surface area contributed by atoms with E-state index in [-0.39, 0.29) is 17.3 Å². The Balaban J connectivity index is 0.00000110. The average Bonchev–Trinajstić information content (AvgIpc) is 3.05. The fraction of sp³-hybridized carbons (Fsp3) is 0. The van der Waals surface area contributed by atoms with Gasteiger partial charge in [0.1, 0.15) is 11.0 Å². The van der Waals surface area contributed by atoms with Gasteiger partial charge in [0.25, 0.3) is 0 Å². The first kappa shape index (κ1) is 11.9. The third kappa shape index (κ3) is 1.72. The standard InChI is InChI=1S/C10H5N5O2S.ClH/c16-10-13-8-6(18-10)9-12-7(5-2-1-3-17-5)14-15(9)4-11-8;/h1-4H,(H,13,16);1H. The molecular weight excluding hydrogens is 290 g/mol. The molecule has 0 radical (unpaired) electrons. The number of halogens is 1. The molecule has 0 aliphatic carbocycles. The van der Waals surface area contributed by atoms with Gasteiger partial charge in [-0.1, -0.05) is 11.3 Å². The highest BCUT2D eigenvalue weighted by Crippen LogP contribution is 2.21. The van der Waals surface area contributed by atoms with Crippen LogP contribution in [-0.2, 0) is 0 Å². The molecule has 0 aromatic carbocycles. The second kappa shape index (κ2) is 4.18. The van der Waals surface area contributed by atoms with Crippen LogP contribution in [0.1, 0.15) is 0 Å². The first-order chi connectivity index (χ1) is 8.81. The molecule has 0 atom stereocenters. The number of hydrogen-bond acceptors (Lipinski definition) is 6. The molecule has 7 nitrogen and oxygen atoms in total. The monoisotopic (exact) mass is 295 g/mol. The summed E-state index contributed by atoms with van der Waals surface area (Å²) in [6, 6.07) is 3.54. The Morgan fingerprint density at radius 3 is 3.11 bits per heavy atom. The van der Waals surface area contributed by atoms with E-state index in [9.17, 15) is 4.79 Å². The van der Waals surface area contributed by atoms with E-state index in [0.29, 0.717) is 27.6 Å². The molecule has 96 valence electrons. The summed E-state index contributed by atoms with van der Waals surface area (Å²) in [5, 5.41) is 4.25. The van der Waals surface area contributed by atoms with Crippen LogP contribution in [-0.4, -0.2) is 24.6 Å². The minimum absolute atomic E-state index is 0. The fourth-order valence-corrected chi connectivity index (χ4v) is 2.51. The lowest BCUT2D eigenvalue weighted by atomic mass is 10.4. The van der Waals surface area contributed by atoms with E-state index in [1.165, 1.54) is 10.8 Å². The smallest absolute Gasteiger partial charge is 0.306 e. The predicted molar refractivity (Wildman–Crippen MR) is 71.7 cm³/mol. The van der Waals surface area contributed by atoms with E-state index in [2.05, 4.69) is 20.1 Å². The lowest BCUT2D eigenvalue weighted by molar-refractivity contribution is 0.577. The number of hydrogen-bond donors (Lipinski definition) is 1. The maximum atomic E-state index is 11.3. The first-order valence-electron chi connectivity index (χ1n) is 5.09. The van der Waals surface area contributed by atoms with Crippen LogP contribution in [0.2, 0.25) is 0 Å². The van der Waals surface area contributed by atoms with Crippen LogP contribution in [0.5, 0.6) is 0 Å². The lowest BCUT2D eigenvalue weighted by Gasteiger charge is -1.89. The zero-order valence-corrected chi connectivity index (χ0v) is 10.9. The highest BCUT2D eigenvalue weighted by molar-refractivity contribution is 7.17. The van der Waals surface area contributed by atoms with E-state index in [0.717, 1.165) is 11.3 Å². The third-order valence-corrected chi connectivity index (χ3v) is 3.37. The molecule has 9 heteroatoms. The van der Waals surface area contributed by atoms with Crippen LogP contribution < -0.4 is 4.87 Å². The van der Waals surface area contributed by atoms with Gasteiger partial charge in [-0.15, -0.1) is 17.5 Å². The van der Waals surface area contributed by atoms with Crippen molar-refractivity contribution in [2.24, 2.45) is 0 Å². The van der Waals surface area contributed by atoms with Gasteiger partial charge in [-0.25, -0.2) is 14.5 Å². The van der Waals surface area contributed by atoms with E-state index >= 15 is 0 Å². The third-order valence-electron chi connectivity index (χ3n) is 2.50. The van der Waals surface area contributed by atoms with E-state index in [1.54, 1.807) is 18.4 Å². The molecule has 0 saturated carbocycles.